The second-order valence-corrected chi connectivity index (χ2v) is 29.0. The number of benzene rings is 8. The molecular formula is C82H85N7O17S. The number of ether oxygens (including phenoxy) is 5. The predicted octanol–water partition coefficient (Wildman–Crippen LogP) is 11.1. The number of carbonyl (C=O) groups excluding carboxylic acids is 8. The number of rotatable bonds is 21. The van der Waals surface area contributed by atoms with E-state index in [-0.39, 0.29) is 85.7 Å². The zero-order chi connectivity index (χ0) is 76.1. The SMILES string of the molecule is CCc1cc(COS(C)(=O)=O)cc(N(C)CCCC(=O)OC)c1.COC(=O)CCCN(C)c1cc(COc2cc3c(cc2C)C(=O)N2c4ccccc4C[C@H]2C(=O)N3)cc(COc2cc3c(cc2OC)C(=O)N2c4ccccc4C[C@H]2C(=O)N3)c1.Cc1cc2c(cc1O)CC(=O)[C@@H]1Cc3ccccc3N1C2=O. The average molecular weight is 1470 g/mol. The first-order chi connectivity index (χ1) is 51.3. The van der Waals surface area contributed by atoms with Gasteiger partial charge in [-0.1, -0.05) is 67.6 Å². The van der Waals surface area contributed by atoms with Gasteiger partial charge in [-0.2, -0.15) is 8.42 Å². The number of aryl methyl sites for hydroxylation is 3. The van der Waals surface area contributed by atoms with Crippen molar-refractivity contribution in [3.05, 3.63) is 218 Å². The van der Waals surface area contributed by atoms with Crippen LogP contribution < -0.4 is 49.3 Å². The largest absolute Gasteiger partial charge is 0.508 e. The number of phenolic OH excluding ortho intramolecular Hbond substituents is 1. The van der Waals surface area contributed by atoms with Crippen LogP contribution in [0, 0.1) is 13.8 Å². The van der Waals surface area contributed by atoms with Crippen molar-refractivity contribution in [3.8, 4) is 23.0 Å². The van der Waals surface area contributed by atoms with E-state index in [1.807, 2.05) is 141 Å². The van der Waals surface area contributed by atoms with E-state index >= 15 is 0 Å². The number of hydrogen-bond acceptors (Lipinski definition) is 19. The summed E-state index contributed by atoms with van der Waals surface area (Å²) in [5, 5.41) is 15.8. The fourth-order valence-electron chi connectivity index (χ4n) is 14.3. The number of fused-ring (bicyclic) bond motifs is 12. The number of Topliss-reactive ketones (excluding diaryl/α,β-unsaturated/α-hetero) is 1. The van der Waals surface area contributed by atoms with Crippen LogP contribution in [0.3, 0.4) is 0 Å². The summed E-state index contributed by atoms with van der Waals surface area (Å²) < 4.78 is 55.1. The quantitative estimate of drug-likeness (QED) is 0.0445. The van der Waals surface area contributed by atoms with Crippen LogP contribution in [-0.4, -0.2) is 134 Å². The van der Waals surface area contributed by atoms with Crippen molar-refractivity contribution in [2.75, 3.05) is 89.9 Å². The van der Waals surface area contributed by atoms with Crippen LogP contribution in [0.15, 0.2) is 146 Å². The van der Waals surface area contributed by atoms with Gasteiger partial charge in [-0.25, -0.2) is 0 Å². The summed E-state index contributed by atoms with van der Waals surface area (Å²) in [6, 6.07) is 42.8. The van der Waals surface area contributed by atoms with Crippen LogP contribution in [0.2, 0.25) is 0 Å². The molecule has 0 saturated carbocycles. The Hall–Kier alpha value is -11.6. The number of hydrogen-bond donors (Lipinski definition) is 3. The third-order valence-electron chi connectivity index (χ3n) is 20.0. The molecule has 0 aliphatic carbocycles. The fourth-order valence-corrected chi connectivity index (χ4v) is 14.6. The van der Waals surface area contributed by atoms with Crippen molar-refractivity contribution in [3.63, 3.8) is 0 Å². The number of anilines is 7. The normalized spacial score (nSPS) is 16.3. The van der Waals surface area contributed by atoms with Crippen LogP contribution in [0.1, 0.15) is 119 Å². The Morgan fingerprint density at radius 3 is 1.44 bits per heavy atom. The first-order valence-corrected chi connectivity index (χ1v) is 37.1. The number of nitrogens with zero attached hydrogens (tertiary/aromatic N) is 5. The van der Waals surface area contributed by atoms with Gasteiger partial charge in [0.25, 0.3) is 27.8 Å². The zero-order valence-electron chi connectivity index (χ0n) is 61.1. The maximum Gasteiger partial charge on any atom is 0.305 e. The van der Waals surface area contributed by atoms with Gasteiger partial charge < -0.3 is 49.2 Å². The minimum Gasteiger partial charge on any atom is -0.508 e. The molecule has 0 aromatic heterocycles. The fraction of sp³-hybridized carbons (Fsp3) is 0.317. The Bertz CT molecular complexity index is 4980. The molecule has 6 aliphatic rings. The van der Waals surface area contributed by atoms with E-state index in [9.17, 15) is 51.9 Å². The number of aromatic hydroxyl groups is 1. The lowest BCUT2D eigenvalue weighted by Gasteiger charge is -2.22. The molecule has 6 heterocycles. The summed E-state index contributed by atoms with van der Waals surface area (Å²) in [5.74, 6) is -0.463. The summed E-state index contributed by atoms with van der Waals surface area (Å²) in [4.78, 5) is 112. The topological polar surface area (TPSA) is 287 Å². The van der Waals surface area contributed by atoms with Crippen molar-refractivity contribution >= 4 is 97.2 Å². The Kier molecular flexibility index (Phi) is 22.5. The van der Waals surface area contributed by atoms with Crippen molar-refractivity contribution < 1.29 is 79.7 Å². The molecule has 8 aromatic rings. The summed E-state index contributed by atoms with van der Waals surface area (Å²) in [6.45, 7) is 7.17. The highest BCUT2D eigenvalue weighted by atomic mass is 32.2. The third-order valence-corrected chi connectivity index (χ3v) is 20.5. The van der Waals surface area contributed by atoms with Crippen LogP contribution in [0.5, 0.6) is 23.0 Å². The van der Waals surface area contributed by atoms with Crippen molar-refractivity contribution in [1.29, 1.82) is 0 Å². The van der Waals surface area contributed by atoms with Crippen LogP contribution in [0.4, 0.5) is 39.8 Å². The molecule has 5 amide bonds. The van der Waals surface area contributed by atoms with E-state index < -0.39 is 28.2 Å². The van der Waals surface area contributed by atoms with Crippen molar-refractivity contribution in [1.82, 2.24) is 0 Å². The number of para-hydroxylation sites is 3. The second-order valence-electron chi connectivity index (χ2n) is 27.3. The lowest BCUT2D eigenvalue weighted by Crippen LogP contribution is -2.42. The predicted molar refractivity (Wildman–Crippen MR) is 405 cm³/mol. The number of nitrogens with one attached hydrogen (secondary N) is 2. The van der Waals surface area contributed by atoms with Gasteiger partial charge in [-0.15, -0.1) is 0 Å². The van der Waals surface area contributed by atoms with Crippen molar-refractivity contribution in [2.24, 2.45) is 0 Å². The first-order valence-electron chi connectivity index (χ1n) is 35.3. The number of esters is 2. The second kappa shape index (κ2) is 32.0. The lowest BCUT2D eigenvalue weighted by atomic mass is 9.97. The van der Waals surface area contributed by atoms with E-state index in [0.717, 1.165) is 79.9 Å². The molecule has 8 aromatic carbocycles. The van der Waals surface area contributed by atoms with Crippen LogP contribution in [0.25, 0.3) is 0 Å². The molecule has 14 rings (SSSR count). The molecule has 3 atom stereocenters. The van der Waals surface area contributed by atoms with E-state index in [1.54, 1.807) is 58.0 Å². The Labute approximate surface area is 621 Å². The number of phenols is 1. The molecule has 107 heavy (non-hydrogen) atoms. The van der Waals surface area contributed by atoms with Crippen molar-refractivity contribution in [2.45, 2.75) is 117 Å². The molecule has 0 radical (unpaired) electrons. The zero-order valence-corrected chi connectivity index (χ0v) is 61.9. The molecule has 3 N–H and O–H groups in total. The molecule has 0 saturated heterocycles. The lowest BCUT2D eigenvalue weighted by molar-refractivity contribution is -0.141. The van der Waals surface area contributed by atoms with Gasteiger partial charge >= 0.3 is 11.9 Å². The van der Waals surface area contributed by atoms with Crippen LogP contribution in [-0.2, 0) is 99.7 Å². The minimum atomic E-state index is -3.47. The minimum absolute atomic E-state index is 0.0200. The van der Waals surface area contributed by atoms with E-state index in [1.165, 1.54) is 21.3 Å². The molecule has 25 heteroatoms. The van der Waals surface area contributed by atoms with Gasteiger partial charge in [0, 0.05) is 112 Å². The Morgan fingerprint density at radius 1 is 0.514 bits per heavy atom. The van der Waals surface area contributed by atoms with Gasteiger partial charge in [0.2, 0.25) is 11.8 Å². The molecule has 556 valence electrons. The molecule has 24 nitrogen and oxygen atoms in total. The van der Waals surface area contributed by atoms with Gasteiger partial charge in [0.15, 0.2) is 17.3 Å². The van der Waals surface area contributed by atoms with E-state index in [2.05, 4.69) is 21.4 Å². The maximum absolute atomic E-state index is 14.0. The summed E-state index contributed by atoms with van der Waals surface area (Å²) >= 11 is 0. The van der Waals surface area contributed by atoms with Gasteiger partial charge in [0.1, 0.15) is 42.8 Å². The van der Waals surface area contributed by atoms with Crippen LogP contribution >= 0.6 is 0 Å². The molecular weight excluding hydrogens is 1390 g/mol. The molecule has 6 aliphatic heterocycles. The maximum atomic E-state index is 14.0. The number of ketones is 1. The first kappa shape index (κ1) is 75.1. The van der Waals surface area contributed by atoms with Gasteiger partial charge in [0.05, 0.1) is 56.7 Å². The van der Waals surface area contributed by atoms with Gasteiger partial charge in [-0.3, -0.25) is 57.2 Å². The highest BCUT2D eigenvalue weighted by Crippen LogP contribution is 2.44. The third kappa shape index (κ3) is 16.5. The molecule has 0 unspecified atom stereocenters. The number of amides is 5. The number of carbonyl (C=O) groups is 8. The standard InChI is InChI=1S/C48H45N5O9.C18H15NO3.C16H25NO5S/c1-27-16-33-35(49-45(55)39-20-30-10-5-7-12-37(30)52(39)47(33)57)23-41(27)61-25-28-17-29(19-32(18-28)51(2)15-9-14-44(54)60-4)26-62-43-24-36-34(22-42(43)59-3)48(58)53-38-13-8-6-11-31(38)21-40(53)46(56)50-36;1-10-6-13-12(8-16(10)20)9-17(21)15-7-11-4-2-3-5-14(11)19(15)18(13)22;1-5-13-9-14(12-22-23(4,19)20)11-15(10-13)17(2)8-6-7-16(18)21-3/h5-8,10-13,16-19,22-24,39-40H,9,14-15,20-21,25-26H2,1-4H3,(H,49,55)(H,50,56);2-6,8,15,20H,7,9H2,1H3;9-11H,5-8,12H2,1-4H3/t39-,40-;15-;/m00./s1. The monoisotopic (exact) mass is 1470 g/mol. The van der Waals surface area contributed by atoms with E-state index in [4.69, 9.17) is 23.1 Å². The van der Waals surface area contributed by atoms with E-state index in [0.29, 0.717) is 114 Å². The highest BCUT2D eigenvalue weighted by molar-refractivity contribution is 7.85. The highest BCUT2D eigenvalue weighted by Gasteiger charge is 2.45. The summed E-state index contributed by atoms with van der Waals surface area (Å²) in [6.07, 6.45) is 5.39. The summed E-state index contributed by atoms with van der Waals surface area (Å²) in [7, 11) is 4.65. The molecule has 0 spiro atoms. The summed E-state index contributed by atoms with van der Waals surface area (Å²) in [5.41, 5.74) is 14.4. The van der Waals surface area contributed by atoms with Gasteiger partial charge in [-0.05, 0) is 162 Å². The molecule has 0 fully saturated rings. The number of methoxy groups -OCH3 is 3. The molecule has 0 bridgehead atoms. The Balaban J connectivity index is 0.000000193. The average Bonchev–Trinajstić information content (AvgIpc) is 1.62. The smallest absolute Gasteiger partial charge is 0.305 e. The Morgan fingerprint density at radius 2 is 0.944 bits per heavy atom.